The summed E-state index contributed by atoms with van der Waals surface area (Å²) in [7, 11) is -4.06. The molecule has 218 valence electrons. The van der Waals surface area contributed by atoms with Crippen molar-refractivity contribution in [2.24, 2.45) is 0 Å². The van der Waals surface area contributed by atoms with Gasteiger partial charge in [0.1, 0.15) is 30.4 Å². The number of rotatable bonds is 12. The molecule has 1 aliphatic heterocycles. The van der Waals surface area contributed by atoms with Crippen molar-refractivity contribution < 1.29 is 32.3 Å². The Labute approximate surface area is 244 Å². The summed E-state index contributed by atoms with van der Waals surface area (Å²) >= 11 is 0. The Balaban J connectivity index is 1.19. The third-order valence-corrected chi connectivity index (χ3v) is 8.53. The van der Waals surface area contributed by atoms with E-state index in [4.69, 9.17) is 9.15 Å². The summed E-state index contributed by atoms with van der Waals surface area (Å²) in [5.74, 6) is -0.542. The normalized spacial score (nSPS) is 15.8. The van der Waals surface area contributed by atoms with Gasteiger partial charge in [-0.25, -0.2) is 13.4 Å². The van der Waals surface area contributed by atoms with Crippen LogP contribution in [-0.4, -0.2) is 47.9 Å². The number of carboxylic acid groups (broad SMARTS) is 1. The minimum atomic E-state index is -4.06. The number of benzene rings is 3. The Hall–Kier alpha value is -4.48. The molecule has 0 spiro atoms. The number of nitrogens with one attached hydrogen (secondary N) is 1. The number of para-hydroxylation sites is 1. The zero-order chi connectivity index (χ0) is 29.5. The number of carboxylic acids is 1. The first-order valence-corrected chi connectivity index (χ1v) is 15.1. The standard InChI is InChI=1S/C31H31N3O7S/c35-30(18-22-13-15-23(16-14-22)20-40-24-8-3-1-4-9-24)34-17-7-12-28(34)27-21-41-29(32-27)19-26(31(36)37)33-42(38,39)25-10-5-2-6-11-25/h1-6,8-11,13-16,21,26,28,33H,7,12,17-20H2,(H,36,37). The molecule has 2 N–H and O–H groups in total. The molecule has 1 amide bonds. The van der Waals surface area contributed by atoms with Crippen LogP contribution < -0.4 is 9.46 Å². The van der Waals surface area contributed by atoms with Crippen LogP contribution in [0.2, 0.25) is 0 Å². The predicted octanol–water partition coefficient (Wildman–Crippen LogP) is 4.13. The summed E-state index contributed by atoms with van der Waals surface area (Å²) in [5.41, 5.74) is 2.39. The quantitative estimate of drug-likeness (QED) is 0.252. The average molecular weight is 590 g/mol. The molecule has 10 nitrogen and oxygen atoms in total. The number of hydrogen-bond donors (Lipinski definition) is 2. The highest BCUT2D eigenvalue weighted by atomic mass is 32.2. The average Bonchev–Trinajstić information content (AvgIpc) is 3.67. The van der Waals surface area contributed by atoms with Crippen molar-refractivity contribution in [1.29, 1.82) is 0 Å². The first-order valence-electron chi connectivity index (χ1n) is 13.6. The number of hydrogen-bond acceptors (Lipinski definition) is 7. The molecule has 3 aromatic carbocycles. The van der Waals surface area contributed by atoms with E-state index in [1.807, 2.05) is 54.6 Å². The summed E-state index contributed by atoms with van der Waals surface area (Å²) < 4.78 is 38.8. The van der Waals surface area contributed by atoms with Crippen molar-refractivity contribution in [3.05, 3.63) is 114 Å². The SMILES string of the molecule is O=C(O)C(Cc1nc(C2CCCN2C(=O)Cc2ccc(COc3ccccc3)cc2)co1)NS(=O)(=O)c1ccccc1. The Morgan fingerprint density at radius 1 is 1.00 bits per heavy atom. The summed E-state index contributed by atoms with van der Waals surface area (Å²) in [6.07, 6.45) is 2.84. The summed E-state index contributed by atoms with van der Waals surface area (Å²) in [6.45, 7) is 1.00. The number of ether oxygens (including phenoxy) is 1. The van der Waals surface area contributed by atoms with Crippen LogP contribution in [0, 0.1) is 0 Å². The van der Waals surface area contributed by atoms with Gasteiger partial charge in [-0.3, -0.25) is 9.59 Å². The number of carbonyl (C=O) groups is 2. The van der Waals surface area contributed by atoms with E-state index in [0.29, 0.717) is 25.3 Å². The molecule has 2 heterocycles. The van der Waals surface area contributed by atoms with Crippen molar-refractivity contribution in [1.82, 2.24) is 14.6 Å². The van der Waals surface area contributed by atoms with Crippen LogP contribution in [0.3, 0.4) is 0 Å². The molecule has 0 radical (unpaired) electrons. The molecule has 2 atom stereocenters. The van der Waals surface area contributed by atoms with Gasteiger partial charge in [-0.05, 0) is 48.2 Å². The lowest BCUT2D eigenvalue weighted by Gasteiger charge is -2.23. The molecule has 5 rings (SSSR count). The molecule has 2 unspecified atom stereocenters. The van der Waals surface area contributed by atoms with E-state index in [2.05, 4.69) is 9.71 Å². The largest absolute Gasteiger partial charge is 0.489 e. The van der Waals surface area contributed by atoms with Crippen molar-refractivity contribution in [3.63, 3.8) is 0 Å². The Morgan fingerprint density at radius 2 is 1.67 bits per heavy atom. The Kier molecular flexibility index (Phi) is 8.99. The lowest BCUT2D eigenvalue weighted by molar-refractivity contribution is -0.139. The fourth-order valence-electron chi connectivity index (χ4n) is 4.87. The number of sulfonamides is 1. The fourth-order valence-corrected chi connectivity index (χ4v) is 6.08. The molecule has 4 aromatic rings. The molecule has 1 fully saturated rings. The lowest BCUT2D eigenvalue weighted by Crippen LogP contribution is -2.42. The van der Waals surface area contributed by atoms with E-state index in [-0.39, 0.29) is 35.6 Å². The highest BCUT2D eigenvalue weighted by Gasteiger charge is 2.33. The Morgan fingerprint density at radius 3 is 2.36 bits per heavy atom. The highest BCUT2D eigenvalue weighted by molar-refractivity contribution is 7.89. The maximum absolute atomic E-state index is 13.2. The first-order chi connectivity index (χ1) is 20.3. The molecule has 1 aromatic heterocycles. The van der Waals surface area contributed by atoms with E-state index in [9.17, 15) is 23.1 Å². The second-order valence-corrected chi connectivity index (χ2v) is 11.7. The fraction of sp³-hybridized carbons (Fsp3) is 0.258. The van der Waals surface area contributed by atoms with Crippen LogP contribution in [0.15, 0.2) is 101 Å². The third kappa shape index (κ3) is 7.23. The molecule has 11 heteroatoms. The lowest BCUT2D eigenvalue weighted by atomic mass is 10.1. The van der Waals surface area contributed by atoms with Gasteiger partial charge in [0.05, 0.1) is 23.8 Å². The maximum atomic E-state index is 13.2. The van der Waals surface area contributed by atoms with Gasteiger partial charge in [0.2, 0.25) is 15.9 Å². The van der Waals surface area contributed by atoms with Crippen LogP contribution >= 0.6 is 0 Å². The minimum absolute atomic E-state index is 0.0420. The van der Waals surface area contributed by atoms with E-state index in [1.54, 1.807) is 23.1 Å². The molecular formula is C31H31N3O7S. The van der Waals surface area contributed by atoms with Gasteiger partial charge in [0.25, 0.3) is 0 Å². The van der Waals surface area contributed by atoms with Crippen molar-refractivity contribution >= 4 is 21.9 Å². The number of aliphatic carboxylic acids is 1. The third-order valence-electron chi connectivity index (χ3n) is 7.04. The predicted molar refractivity (Wildman–Crippen MR) is 153 cm³/mol. The number of oxazole rings is 1. The molecule has 0 aliphatic carbocycles. The van der Waals surface area contributed by atoms with Gasteiger partial charge >= 0.3 is 5.97 Å². The van der Waals surface area contributed by atoms with Crippen molar-refractivity contribution in [2.45, 2.75) is 49.3 Å². The van der Waals surface area contributed by atoms with E-state index >= 15 is 0 Å². The first kappa shape index (κ1) is 29.0. The number of likely N-dealkylation sites (tertiary alicyclic amines) is 1. The summed E-state index contributed by atoms with van der Waals surface area (Å²) in [4.78, 5) is 31.3. The highest BCUT2D eigenvalue weighted by Crippen LogP contribution is 2.32. The van der Waals surface area contributed by atoms with Crippen LogP contribution in [0.25, 0.3) is 0 Å². The number of nitrogens with zero attached hydrogens (tertiary/aromatic N) is 2. The van der Waals surface area contributed by atoms with Gasteiger partial charge in [-0.1, -0.05) is 60.7 Å². The van der Waals surface area contributed by atoms with Crippen LogP contribution in [0.4, 0.5) is 0 Å². The second-order valence-electron chi connectivity index (χ2n) is 10.0. The van der Waals surface area contributed by atoms with Gasteiger partial charge in [0, 0.05) is 6.54 Å². The Bertz CT molecular complexity index is 1610. The number of carbonyl (C=O) groups excluding carboxylic acids is 1. The molecular weight excluding hydrogens is 558 g/mol. The van der Waals surface area contributed by atoms with E-state index < -0.39 is 22.0 Å². The van der Waals surface area contributed by atoms with E-state index in [0.717, 1.165) is 23.3 Å². The van der Waals surface area contributed by atoms with Gasteiger partial charge < -0.3 is 19.2 Å². The molecule has 0 saturated carbocycles. The minimum Gasteiger partial charge on any atom is -0.489 e. The van der Waals surface area contributed by atoms with Gasteiger partial charge in [-0.15, -0.1) is 0 Å². The molecule has 1 saturated heterocycles. The summed E-state index contributed by atoms with van der Waals surface area (Å²) in [5, 5.41) is 9.66. The molecule has 42 heavy (non-hydrogen) atoms. The monoisotopic (exact) mass is 589 g/mol. The molecule has 0 bridgehead atoms. The van der Waals surface area contributed by atoms with Crippen molar-refractivity contribution in [2.75, 3.05) is 6.54 Å². The smallest absolute Gasteiger partial charge is 0.322 e. The number of amides is 1. The zero-order valence-corrected chi connectivity index (χ0v) is 23.6. The van der Waals surface area contributed by atoms with Gasteiger partial charge in [-0.2, -0.15) is 4.72 Å². The maximum Gasteiger partial charge on any atom is 0.322 e. The number of aromatic nitrogens is 1. The van der Waals surface area contributed by atoms with E-state index in [1.165, 1.54) is 18.4 Å². The molecule has 1 aliphatic rings. The summed E-state index contributed by atoms with van der Waals surface area (Å²) in [6, 6.07) is 23.0. The zero-order valence-electron chi connectivity index (χ0n) is 22.8. The topological polar surface area (TPSA) is 139 Å². The second kappa shape index (κ2) is 13.0. The van der Waals surface area contributed by atoms with Crippen molar-refractivity contribution in [3.8, 4) is 5.75 Å². The van der Waals surface area contributed by atoms with Crippen LogP contribution in [-0.2, 0) is 39.1 Å². The van der Waals surface area contributed by atoms with Crippen LogP contribution in [0.5, 0.6) is 5.75 Å². The van der Waals surface area contributed by atoms with Gasteiger partial charge in [0.15, 0.2) is 5.89 Å². The van der Waals surface area contributed by atoms with Crippen LogP contribution in [0.1, 0.15) is 41.6 Å².